The summed E-state index contributed by atoms with van der Waals surface area (Å²) in [5, 5.41) is 0. The van der Waals surface area contributed by atoms with Crippen molar-refractivity contribution in [2.75, 3.05) is 47.5 Å². The lowest BCUT2D eigenvalue weighted by Gasteiger charge is -2.28. The average molecular weight is 782 g/mol. The Kier molecular flexibility index (Phi) is 35.2. The molecule has 0 aliphatic rings. The largest absolute Gasteiger partial charge is 0.756 e. The van der Waals surface area contributed by atoms with Crippen LogP contribution in [0.3, 0.4) is 0 Å². The minimum Gasteiger partial charge on any atom is -0.756 e. The zero-order valence-electron chi connectivity index (χ0n) is 35.2. The molecule has 0 saturated heterocycles. The number of hydrogen-bond donors (Lipinski definition) is 0. The van der Waals surface area contributed by atoms with E-state index in [2.05, 4.69) is 62.5 Å². The van der Waals surface area contributed by atoms with E-state index in [1.54, 1.807) is 0 Å². The Morgan fingerprint density at radius 1 is 0.574 bits per heavy atom. The van der Waals surface area contributed by atoms with E-state index in [1.807, 2.05) is 21.1 Å². The van der Waals surface area contributed by atoms with E-state index in [0.717, 1.165) is 57.8 Å². The standard InChI is InChI=1S/C44H80NO8P/c1-6-8-10-12-14-16-18-19-20-21-22-23-24-25-27-29-31-33-35-37-44(47)53-42(41-52-54(48,49)51-39-38-45(3,4)5)40-50-43(46)36-34-32-30-28-26-17-15-13-11-9-7-2/h14,16,19-20,22-23,25,27,42H,6-13,15,17-18,21,24,26,28-41H2,1-5H3/b16-14+,20-19+,23-22+,27-25+/t42-/m1/s1. The second kappa shape index (κ2) is 36.6. The molecule has 0 saturated carbocycles. The fourth-order valence-corrected chi connectivity index (χ4v) is 6.19. The molecule has 0 aromatic carbocycles. The van der Waals surface area contributed by atoms with Gasteiger partial charge in [0.15, 0.2) is 6.10 Å². The molecule has 1 unspecified atom stereocenters. The van der Waals surface area contributed by atoms with Gasteiger partial charge < -0.3 is 27.9 Å². The molecular weight excluding hydrogens is 701 g/mol. The number of carbonyl (C=O) groups excluding carboxylic acids is 2. The Morgan fingerprint density at radius 2 is 1.00 bits per heavy atom. The van der Waals surface area contributed by atoms with Gasteiger partial charge in [-0.05, 0) is 57.8 Å². The predicted octanol–water partition coefficient (Wildman–Crippen LogP) is 11.3. The predicted molar refractivity (Wildman–Crippen MR) is 222 cm³/mol. The first kappa shape index (κ1) is 52.0. The Balaban J connectivity index is 4.44. The van der Waals surface area contributed by atoms with Crippen LogP contribution < -0.4 is 4.89 Å². The van der Waals surface area contributed by atoms with Crippen molar-refractivity contribution in [3.05, 3.63) is 48.6 Å². The van der Waals surface area contributed by atoms with Crippen LogP contribution in [0.4, 0.5) is 0 Å². The van der Waals surface area contributed by atoms with Crippen LogP contribution in [0, 0.1) is 0 Å². The zero-order valence-corrected chi connectivity index (χ0v) is 36.0. The summed E-state index contributed by atoms with van der Waals surface area (Å²) < 4.78 is 33.8. The van der Waals surface area contributed by atoms with Crippen molar-refractivity contribution < 1.29 is 42.1 Å². The van der Waals surface area contributed by atoms with Crippen LogP contribution in [0.25, 0.3) is 0 Å². The lowest BCUT2D eigenvalue weighted by molar-refractivity contribution is -0.870. The second-order valence-electron chi connectivity index (χ2n) is 15.4. The quantitative estimate of drug-likeness (QED) is 0.0200. The van der Waals surface area contributed by atoms with Crippen LogP contribution in [0.15, 0.2) is 48.6 Å². The van der Waals surface area contributed by atoms with Crippen molar-refractivity contribution >= 4 is 19.8 Å². The molecule has 0 N–H and O–H groups in total. The molecule has 2 atom stereocenters. The van der Waals surface area contributed by atoms with Crippen LogP contribution in [0.5, 0.6) is 0 Å². The molecule has 0 spiro atoms. The topological polar surface area (TPSA) is 111 Å². The molecule has 0 aliphatic carbocycles. The van der Waals surface area contributed by atoms with Crippen molar-refractivity contribution in [1.82, 2.24) is 0 Å². The van der Waals surface area contributed by atoms with Crippen LogP contribution in [0.2, 0.25) is 0 Å². The van der Waals surface area contributed by atoms with Gasteiger partial charge in [0.25, 0.3) is 7.82 Å². The Labute approximate surface area is 331 Å². The summed E-state index contributed by atoms with van der Waals surface area (Å²) in [6.45, 7) is 4.14. The van der Waals surface area contributed by atoms with E-state index >= 15 is 0 Å². The van der Waals surface area contributed by atoms with E-state index in [-0.39, 0.29) is 26.1 Å². The van der Waals surface area contributed by atoms with Crippen molar-refractivity contribution in [2.24, 2.45) is 0 Å². The maximum absolute atomic E-state index is 12.6. The molecule has 0 fully saturated rings. The number of nitrogens with zero attached hydrogens (tertiary/aromatic N) is 1. The molecule has 54 heavy (non-hydrogen) atoms. The number of allylic oxidation sites excluding steroid dienone is 8. The van der Waals surface area contributed by atoms with E-state index in [0.29, 0.717) is 17.4 Å². The van der Waals surface area contributed by atoms with E-state index in [4.69, 9.17) is 18.5 Å². The summed E-state index contributed by atoms with van der Waals surface area (Å²) in [5.74, 6) is -0.872. The number of phosphoric ester groups is 1. The molecule has 0 heterocycles. The van der Waals surface area contributed by atoms with E-state index < -0.39 is 32.5 Å². The monoisotopic (exact) mass is 782 g/mol. The van der Waals surface area contributed by atoms with Crippen LogP contribution in [0.1, 0.15) is 168 Å². The van der Waals surface area contributed by atoms with Crippen LogP contribution >= 0.6 is 7.82 Å². The van der Waals surface area contributed by atoms with E-state index in [9.17, 15) is 19.0 Å². The molecule has 0 bridgehead atoms. The molecule has 9 nitrogen and oxygen atoms in total. The third-order valence-electron chi connectivity index (χ3n) is 8.85. The van der Waals surface area contributed by atoms with Gasteiger partial charge in [0.2, 0.25) is 0 Å². The highest BCUT2D eigenvalue weighted by Crippen LogP contribution is 2.38. The highest BCUT2D eigenvalue weighted by Gasteiger charge is 2.21. The highest BCUT2D eigenvalue weighted by atomic mass is 31.2. The SMILES string of the molecule is CCCCC/C=C/C/C=C/C/C=C/C/C=C/CCCCCC(=O)O[C@H](COC(=O)CCCCCCCCCCCCC)COP(=O)([O-])OCC[N+](C)(C)C. The fourth-order valence-electron chi connectivity index (χ4n) is 5.46. The summed E-state index contributed by atoms with van der Waals surface area (Å²) in [5.41, 5.74) is 0. The summed E-state index contributed by atoms with van der Waals surface area (Å²) in [6, 6.07) is 0. The van der Waals surface area contributed by atoms with Gasteiger partial charge in [-0.3, -0.25) is 14.2 Å². The first-order valence-corrected chi connectivity index (χ1v) is 22.8. The van der Waals surface area contributed by atoms with Gasteiger partial charge in [-0.1, -0.05) is 146 Å². The minimum atomic E-state index is -4.63. The summed E-state index contributed by atoms with van der Waals surface area (Å²) in [4.78, 5) is 37.4. The molecule has 0 aromatic heterocycles. The number of quaternary nitrogens is 1. The molecular formula is C44H80NO8P. The number of phosphoric acid groups is 1. The van der Waals surface area contributed by atoms with Crippen molar-refractivity contribution in [1.29, 1.82) is 0 Å². The van der Waals surface area contributed by atoms with E-state index in [1.165, 1.54) is 77.0 Å². The molecule has 314 valence electrons. The third kappa shape index (κ3) is 39.7. The smallest absolute Gasteiger partial charge is 0.306 e. The van der Waals surface area contributed by atoms with Crippen molar-refractivity contribution in [3.8, 4) is 0 Å². The molecule has 0 radical (unpaired) electrons. The van der Waals surface area contributed by atoms with Crippen LogP contribution in [-0.2, 0) is 32.7 Å². The molecule has 0 aromatic rings. The minimum absolute atomic E-state index is 0.0380. The number of esters is 2. The van der Waals surface area contributed by atoms with Gasteiger partial charge >= 0.3 is 11.9 Å². The van der Waals surface area contributed by atoms with Gasteiger partial charge in [-0.25, -0.2) is 0 Å². The lowest BCUT2D eigenvalue weighted by atomic mass is 10.1. The van der Waals surface area contributed by atoms with Crippen molar-refractivity contribution in [3.63, 3.8) is 0 Å². The number of rotatable bonds is 38. The summed E-state index contributed by atoms with van der Waals surface area (Å²) >= 11 is 0. The van der Waals surface area contributed by atoms with Gasteiger partial charge in [-0.15, -0.1) is 0 Å². The number of unbranched alkanes of at least 4 members (excludes halogenated alkanes) is 16. The van der Waals surface area contributed by atoms with Gasteiger partial charge in [0, 0.05) is 12.8 Å². The third-order valence-corrected chi connectivity index (χ3v) is 9.82. The number of ether oxygens (including phenoxy) is 2. The molecule has 0 amide bonds. The van der Waals surface area contributed by atoms with Crippen LogP contribution in [-0.4, -0.2) is 70.0 Å². The van der Waals surface area contributed by atoms with Gasteiger partial charge in [0.1, 0.15) is 19.8 Å². The first-order valence-electron chi connectivity index (χ1n) is 21.3. The Hall–Kier alpha value is -2.03. The fraction of sp³-hybridized carbons (Fsp3) is 0.773. The molecule has 0 rings (SSSR count). The Bertz CT molecular complexity index is 1070. The highest BCUT2D eigenvalue weighted by molar-refractivity contribution is 7.45. The molecule has 10 heteroatoms. The van der Waals surface area contributed by atoms with Crippen molar-refractivity contribution in [2.45, 2.75) is 174 Å². The average Bonchev–Trinajstić information content (AvgIpc) is 3.12. The first-order chi connectivity index (χ1) is 26.0. The maximum atomic E-state index is 12.6. The normalized spacial score (nSPS) is 14.1. The number of likely N-dealkylation sites (N-methyl/N-ethyl adjacent to an activating group) is 1. The lowest BCUT2D eigenvalue weighted by Crippen LogP contribution is -2.37. The summed E-state index contributed by atoms with van der Waals surface area (Å²) in [6.07, 6.45) is 41.4. The number of carbonyl (C=O) groups is 2. The van der Waals surface area contributed by atoms with Gasteiger partial charge in [0.05, 0.1) is 27.7 Å². The second-order valence-corrected chi connectivity index (χ2v) is 16.8. The zero-order chi connectivity index (χ0) is 40.0. The Morgan fingerprint density at radius 3 is 1.52 bits per heavy atom. The summed E-state index contributed by atoms with van der Waals surface area (Å²) in [7, 11) is 1.14. The number of hydrogen-bond acceptors (Lipinski definition) is 8. The molecule has 0 aliphatic heterocycles. The maximum Gasteiger partial charge on any atom is 0.306 e. The van der Waals surface area contributed by atoms with Gasteiger partial charge in [-0.2, -0.15) is 0 Å².